The zero-order valence-corrected chi connectivity index (χ0v) is 12.8. The molecule has 1 saturated carbocycles. The Hall–Kier alpha value is -0.660. The second-order valence-electron chi connectivity index (χ2n) is 5.84. The molecule has 20 heavy (non-hydrogen) atoms. The third kappa shape index (κ3) is 3.71. The largest absolute Gasteiger partial charge is 0.395 e. The topological polar surface area (TPSA) is 77.9 Å². The Kier molecular flexibility index (Phi) is 5.04. The number of hydrogen-bond donors (Lipinski definition) is 1. The minimum Gasteiger partial charge on any atom is -0.395 e. The van der Waals surface area contributed by atoms with E-state index in [1.54, 1.807) is 11.9 Å². The number of aliphatic hydroxyl groups is 1. The molecule has 0 spiro atoms. The lowest BCUT2D eigenvalue weighted by Gasteiger charge is -2.38. The van der Waals surface area contributed by atoms with Crippen molar-refractivity contribution < 1.29 is 18.3 Å². The molecule has 7 heteroatoms. The van der Waals surface area contributed by atoms with E-state index in [1.165, 1.54) is 6.42 Å². The summed E-state index contributed by atoms with van der Waals surface area (Å²) < 4.78 is 22.9. The van der Waals surface area contributed by atoms with Crippen LogP contribution in [0.15, 0.2) is 0 Å². The van der Waals surface area contributed by atoms with E-state index in [2.05, 4.69) is 0 Å². The van der Waals surface area contributed by atoms with Crippen molar-refractivity contribution in [1.82, 2.24) is 9.80 Å². The van der Waals surface area contributed by atoms with Crippen LogP contribution in [0, 0.1) is 0 Å². The van der Waals surface area contributed by atoms with Crippen LogP contribution in [-0.2, 0) is 14.6 Å². The lowest BCUT2D eigenvalue weighted by molar-refractivity contribution is -0.134. The van der Waals surface area contributed by atoms with E-state index < -0.39 is 9.84 Å². The summed E-state index contributed by atoms with van der Waals surface area (Å²) in [6.07, 6.45) is 3.87. The van der Waals surface area contributed by atoms with Crippen LogP contribution < -0.4 is 0 Å². The molecule has 2 fully saturated rings. The summed E-state index contributed by atoms with van der Waals surface area (Å²) in [5.74, 6) is 0.212. The quantitative estimate of drug-likeness (QED) is 0.714. The van der Waals surface area contributed by atoms with E-state index in [4.69, 9.17) is 5.11 Å². The number of rotatable bonds is 6. The summed E-state index contributed by atoms with van der Waals surface area (Å²) in [4.78, 5) is 15.9. The van der Waals surface area contributed by atoms with Gasteiger partial charge in [0.25, 0.3) is 0 Å². The van der Waals surface area contributed by atoms with Crippen molar-refractivity contribution >= 4 is 15.7 Å². The van der Waals surface area contributed by atoms with E-state index in [-0.39, 0.29) is 36.6 Å². The van der Waals surface area contributed by atoms with Crippen molar-refractivity contribution in [3.8, 4) is 0 Å². The number of sulfone groups is 1. The first-order chi connectivity index (χ1) is 9.43. The Morgan fingerprint density at radius 1 is 1.25 bits per heavy atom. The fraction of sp³-hybridized carbons (Fsp3) is 0.923. The van der Waals surface area contributed by atoms with Crippen LogP contribution in [-0.4, -0.2) is 79.6 Å². The van der Waals surface area contributed by atoms with Crippen molar-refractivity contribution in [1.29, 1.82) is 0 Å². The number of amides is 1. The summed E-state index contributed by atoms with van der Waals surface area (Å²) >= 11 is 0. The Balaban J connectivity index is 1.89. The molecule has 0 aromatic carbocycles. The van der Waals surface area contributed by atoms with Gasteiger partial charge < -0.3 is 10.0 Å². The van der Waals surface area contributed by atoms with E-state index in [9.17, 15) is 13.2 Å². The van der Waals surface area contributed by atoms with Gasteiger partial charge in [0.1, 0.15) is 0 Å². The van der Waals surface area contributed by atoms with Gasteiger partial charge in [-0.15, -0.1) is 0 Å². The summed E-state index contributed by atoms with van der Waals surface area (Å²) in [5.41, 5.74) is 0. The van der Waals surface area contributed by atoms with Gasteiger partial charge in [-0.1, -0.05) is 6.42 Å². The zero-order valence-electron chi connectivity index (χ0n) is 12.0. The molecule has 1 atom stereocenters. The Bertz CT molecular complexity index is 447. The maximum atomic E-state index is 12.3. The highest BCUT2D eigenvalue weighted by Gasteiger charge is 2.34. The van der Waals surface area contributed by atoms with Gasteiger partial charge in [-0.25, -0.2) is 8.42 Å². The van der Waals surface area contributed by atoms with Crippen molar-refractivity contribution in [2.45, 2.75) is 37.8 Å². The summed E-state index contributed by atoms with van der Waals surface area (Å²) in [5, 5.41) is 9.09. The van der Waals surface area contributed by atoms with Crippen LogP contribution in [0.25, 0.3) is 0 Å². The third-order valence-corrected chi connectivity index (χ3v) is 6.22. The van der Waals surface area contributed by atoms with E-state index >= 15 is 0 Å². The molecule has 0 aromatic rings. The first-order valence-corrected chi connectivity index (χ1v) is 9.06. The molecule has 116 valence electrons. The van der Waals surface area contributed by atoms with Crippen molar-refractivity contribution in [3.05, 3.63) is 0 Å². The van der Waals surface area contributed by atoms with Crippen LogP contribution in [0.2, 0.25) is 0 Å². The molecule has 1 heterocycles. The highest BCUT2D eigenvalue weighted by atomic mass is 32.2. The minimum atomic E-state index is -2.97. The van der Waals surface area contributed by atoms with Crippen LogP contribution in [0.1, 0.15) is 25.7 Å². The fourth-order valence-electron chi connectivity index (χ4n) is 2.84. The molecule has 1 amide bonds. The molecule has 1 saturated heterocycles. The van der Waals surface area contributed by atoms with Gasteiger partial charge in [-0.3, -0.25) is 9.69 Å². The van der Waals surface area contributed by atoms with Crippen LogP contribution >= 0.6 is 0 Å². The van der Waals surface area contributed by atoms with Gasteiger partial charge in [0.05, 0.1) is 24.7 Å². The van der Waals surface area contributed by atoms with Crippen LogP contribution in [0.4, 0.5) is 0 Å². The molecular formula is C13H24N2O4S. The average molecular weight is 304 g/mol. The highest BCUT2D eigenvalue weighted by Crippen LogP contribution is 2.25. The van der Waals surface area contributed by atoms with Crippen LogP contribution in [0.5, 0.6) is 0 Å². The van der Waals surface area contributed by atoms with Gasteiger partial charge >= 0.3 is 0 Å². The van der Waals surface area contributed by atoms with Crippen molar-refractivity contribution in [3.63, 3.8) is 0 Å². The molecule has 0 bridgehead atoms. The molecule has 2 rings (SSSR count). The monoisotopic (exact) mass is 304 g/mol. The summed E-state index contributed by atoms with van der Waals surface area (Å²) in [7, 11) is -1.28. The van der Waals surface area contributed by atoms with Gasteiger partial charge in [0, 0.05) is 25.7 Å². The normalized spacial score (nSPS) is 25.6. The zero-order chi connectivity index (χ0) is 14.8. The molecule has 1 N–H and O–H groups in total. The second kappa shape index (κ2) is 6.41. The maximum absolute atomic E-state index is 12.3. The van der Waals surface area contributed by atoms with Crippen molar-refractivity contribution in [2.24, 2.45) is 0 Å². The maximum Gasteiger partial charge on any atom is 0.236 e. The number of carbonyl (C=O) groups excluding carboxylic acids is 1. The van der Waals surface area contributed by atoms with Crippen LogP contribution in [0.3, 0.4) is 0 Å². The lowest BCUT2D eigenvalue weighted by Crippen LogP contribution is -2.49. The number of aliphatic hydroxyl groups excluding tert-OH is 1. The molecule has 1 aliphatic heterocycles. The fourth-order valence-corrected chi connectivity index (χ4v) is 4.62. The molecule has 2 aliphatic rings. The van der Waals surface area contributed by atoms with Crippen molar-refractivity contribution in [2.75, 3.05) is 38.2 Å². The lowest BCUT2D eigenvalue weighted by atomic mass is 9.91. The average Bonchev–Trinajstić information content (AvgIpc) is 2.66. The SMILES string of the molecule is CN(C(=O)CN(CCO)C1CCC1)C1CCS(=O)(=O)C1. The van der Waals surface area contributed by atoms with Gasteiger partial charge in [-0.2, -0.15) is 0 Å². The van der Waals surface area contributed by atoms with E-state index in [1.807, 2.05) is 4.90 Å². The van der Waals surface area contributed by atoms with E-state index in [0.29, 0.717) is 19.0 Å². The predicted octanol–water partition coefficient (Wildman–Crippen LogP) is -0.521. The number of hydrogen-bond acceptors (Lipinski definition) is 5. The predicted molar refractivity (Wildman–Crippen MR) is 76.1 cm³/mol. The molecule has 1 unspecified atom stereocenters. The summed E-state index contributed by atoms with van der Waals surface area (Å²) in [6, 6.07) is 0.205. The number of likely N-dealkylation sites (N-methyl/N-ethyl adjacent to an activating group) is 1. The molecule has 0 aromatic heterocycles. The number of nitrogens with zero attached hydrogens (tertiary/aromatic N) is 2. The molecule has 1 aliphatic carbocycles. The molecular weight excluding hydrogens is 280 g/mol. The van der Waals surface area contributed by atoms with Gasteiger partial charge in [-0.05, 0) is 19.3 Å². The number of carbonyl (C=O) groups is 1. The highest BCUT2D eigenvalue weighted by molar-refractivity contribution is 7.91. The Labute approximate surface area is 120 Å². The Morgan fingerprint density at radius 3 is 2.40 bits per heavy atom. The first-order valence-electron chi connectivity index (χ1n) is 7.24. The minimum absolute atomic E-state index is 0.0469. The second-order valence-corrected chi connectivity index (χ2v) is 8.07. The molecule has 0 radical (unpaired) electrons. The molecule has 6 nitrogen and oxygen atoms in total. The standard InChI is InChI=1S/C13H24N2O4S/c1-14(12-5-8-20(18,19)10-12)13(17)9-15(6-7-16)11-3-2-4-11/h11-12,16H,2-10H2,1H3. The summed E-state index contributed by atoms with van der Waals surface area (Å²) in [6.45, 7) is 0.830. The smallest absolute Gasteiger partial charge is 0.236 e. The van der Waals surface area contributed by atoms with Gasteiger partial charge in [0.2, 0.25) is 5.91 Å². The Morgan fingerprint density at radius 2 is 1.95 bits per heavy atom. The van der Waals surface area contributed by atoms with E-state index in [0.717, 1.165) is 12.8 Å². The third-order valence-electron chi connectivity index (χ3n) is 4.47. The van der Waals surface area contributed by atoms with Gasteiger partial charge in [0.15, 0.2) is 9.84 Å². The first kappa shape index (κ1) is 15.7.